The van der Waals surface area contributed by atoms with Gasteiger partial charge < -0.3 is 11.1 Å². The number of benzene rings is 2. The van der Waals surface area contributed by atoms with Gasteiger partial charge >= 0.3 is 0 Å². The number of nitrogens with zero attached hydrogens (tertiary/aromatic N) is 4. The molecule has 9 heteroatoms. The lowest BCUT2D eigenvalue weighted by Gasteiger charge is -2.09. The van der Waals surface area contributed by atoms with Crippen LogP contribution in [0, 0.1) is 0 Å². The lowest BCUT2D eigenvalue weighted by molar-refractivity contribution is 0.100. The molecule has 3 rings (SSSR count). The maximum Gasteiger partial charge on any atom is 0.250 e. The largest absolute Gasteiger partial charge is 0.378 e. The van der Waals surface area contributed by atoms with E-state index in [2.05, 4.69) is 36.8 Å². The van der Waals surface area contributed by atoms with Crippen LogP contribution in [-0.2, 0) is 6.54 Å². The summed E-state index contributed by atoms with van der Waals surface area (Å²) in [5.41, 5.74) is 7.08. The summed E-state index contributed by atoms with van der Waals surface area (Å²) >= 11 is 9.52. The molecule has 0 unspecified atom stereocenters. The number of hydrogen-bond donors (Lipinski definition) is 2. The minimum atomic E-state index is -0.565. The Hall–Kier alpha value is -2.45. The van der Waals surface area contributed by atoms with Gasteiger partial charge in [-0.25, -0.2) is 0 Å². The molecular formula is C15H12BrClN6O. The van der Waals surface area contributed by atoms with Crippen molar-refractivity contribution in [2.75, 3.05) is 5.32 Å². The fraction of sp³-hybridized carbons (Fsp3) is 0.0667. The van der Waals surface area contributed by atoms with Gasteiger partial charge in [0, 0.05) is 10.2 Å². The Labute approximate surface area is 150 Å². The number of tetrazole rings is 1. The van der Waals surface area contributed by atoms with Crippen molar-refractivity contribution in [3.63, 3.8) is 0 Å². The third-order valence-electron chi connectivity index (χ3n) is 3.30. The molecule has 0 radical (unpaired) electrons. The van der Waals surface area contributed by atoms with Gasteiger partial charge in [-0.1, -0.05) is 23.7 Å². The molecule has 3 aromatic rings. The first-order valence-corrected chi connectivity index (χ1v) is 8.09. The highest BCUT2D eigenvalue weighted by molar-refractivity contribution is 9.10. The molecule has 0 aliphatic rings. The predicted octanol–water partition coefficient (Wildman–Crippen LogP) is 2.79. The zero-order chi connectivity index (χ0) is 17.1. The predicted molar refractivity (Wildman–Crippen MR) is 94.2 cm³/mol. The number of amides is 1. The summed E-state index contributed by atoms with van der Waals surface area (Å²) in [5.74, 6) is 0.0569. The standard InChI is InChI=1S/C15H12BrClN6O/c16-11-3-1-2-4-13(11)23-14(20-21-22-23)8-19-9-5-6-10(15(18)24)12(17)7-9/h1-7,19H,8H2,(H2,18,24). The summed E-state index contributed by atoms with van der Waals surface area (Å²) in [6, 6.07) is 12.6. The number of rotatable bonds is 5. The minimum Gasteiger partial charge on any atom is -0.378 e. The molecule has 1 amide bonds. The van der Waals surface area contributed by atoms with Crippen LogP contribution in [0.1, 0.15) is 16.2 Å². The van der Waals surface area contributed by atoms with E-state index in [1.807, 2.05) is 24.3 Å². The van der Waals surface area contributed by atoms with Crippen molar-refractivity contribution in [2.45, 2.75) is 6.54 Å². The van der Waals surface area contributed by atoms with Gasteiger partial charge in [0.25, 0.3) is 0 Å². The summed E-state index contributed by atoms with van der Waals surface area (Å²) < 4.78 is 2.52. The van der Waals surface area contributed by atoms with Crippen LogP contribution in [0.25, 0.3) is 5.69 Å². The number of carbonyl (C=O) groups is 1. The minimum absolute atomic E-state index is 0.278. The zero-order valence-corrected chi connectivity index (χ0v) is 14.6. The molecule has 3 N–H and O–H groups in total. The monoisotopic (exact) mass is 406 g/mol. The Bertz CT molecular complexity index is 897. The number of carbonyl (C=O) groups excluding carboxylic acids is 1. The van der Waals surface area contributed by atoms with Crippen molar-refractivity contribution in [3.8, 4) is 5.69 Å². The fourth-order valence-corrected chi connectivity index (χ4v) is 2.86. The average Bonchev–Trinajstić information content (AvgIpc) is 3.01. The lowest BCUT2D eigenvalue weighted by atomic mass is 10.2. The molecule has 0 aliphatic heterocycles. The van der Waals surface area contributed by atoms with Crippen molar-refractivity contribution < 1.29 is 4.79 Å². The highest BCUT2D eigenvalue weighted by atomic mass is 79.9. The van der Waals surface area contributed by atoms with Gasteiger partial charge in [0.2, 0.25) is 5.91 Å². The van der Waals surface area contributed by atoms with Crippen LogP contribution in [0.2, 0.25) is 5.02 Å². The van der Waals surface area contributed by atoms with Gasteiger partial charge in [-0.05, 0) is 56.7 Å². The van der Waals surface area contributed by atoms with E-state index in [0.717, 1.165) is 15.8 Å². The smallest absolute Gasteiger partial charge is 0.250 e. The Balaban J connectivity index is 1.79. The summed E-state index contributed by atoms with van der Waals surface area (Å²) in [4.78, 5) is 11.2. The van der Waals surface area contributed by atoms with Crippen molar-refractivity contribution in [1.29, 1.82) is 0 Å². The molecule has 2 aromatic carbocycles. The van der Waals surface area contributed by atoms with Crippen LogP contribution in [0.4, 0.5) is 5.69 Å². The van der Waals surface area contributed by atoms with Crippen LogP contribution < -0.4 is 11.1 Å². The van der Waals surface area contributed by atoms with Crippen LogP contribution in [0.3, 0.4) is 0 Å². The van der Waals surface area contributed by atoms with E-state index in [1.165, 1.54) is 0 Å². The lowest BCUT2D eigenvalue weighted by Crippen LogP contribution is -2.12. The van der Waals surface area contributed by atoms with Crippen LogP contribution in [0.15, 0.2) is 46.9 Å². The van der Waals surface area contributed by atoms with Crippen LogP contribution in [-0.4, -0.2) is 26.1 Å². The molecule has 0 fully saturated rings. The third-order valence-corrected chi connectivity index (χ3v) is 4.28. The molecule has 24 heavy (non-hydrogen) atoms. The SMILES string of the molecule is NC(=O)c1ccc(NCc2nnnn2-c2ccccc2Br)cc1Cl. The number of primary amides is 1. The maximum absolute atomic E-state index is 11.2. The van der Waals surface area contributed by atoms with E-state index in [4.69, 9.17) is 17.3 Å². The highest BCUT2D eigenvalue weighted by Gasteiger charge is 2.11. The fourth-order valence-electron chi connectivity index (χ4n) is 2.13. The van der Waals surface area contributed by atoms with Crippen LogP contribution in [0.5, 0.6) is 0 Å². The molecule has 0 atom stereocenters. The molecule has 1 heterocycles. The molecule has 0 spiro atoms. The molecule has 1 aromatic heterocycles. The Morgan fingerprint density at radius 2 is 2.08 bits per heavy atom. The number of halogens is 2. The van der Waals surface area contributed by atoms with Gasteiger partial charge in [-0.3, -0.25) is 4.79 Å². The molecule has 0 aliphatic carbocycles. The van der Waals surface area contributed by atoms with E-state index >= 15 is 0 Å². The zero-order valence-electron chi connectivity index (χ0n) is 12.3. The number of para-hydroxylation sites is 1. The van der Waals surface area contributed by atoms with Gasteiger partial charge in [0.15, 0.2) is 5.82 Å². The number of nitrogens with one attached hydrogen (secondary N) is 1. The molecule has 0 saturated heterocycles. The Morgan fingerprint density at radius 1 is 1.29 bits per heavy atom. The molecule has 122 valence electrons. The second-order valence-corrected chi connectivity index (χ2v) is 6.13. The number of anilines is 1. The van der Waals surface area contributed by atoms with Crippen LogP contribution >= 0.6 is 27.5 Å². The summed E-state index contributed by atoms with van der Waals surface area (Å²) in [7, 11) is 0. The van der Waals surface area contributed by atoms with E-state index < -0.39 is 5.91 Å². The first kappa shape index (κ1) is 16.4. The van der Waals surface area contributed by atoms with Crippen molar-refractivity contribution in [3.05, 3.63) is 63.3 Å². The van der Waals surface area contributed by atoms with Crippen molar-refractivity contribution >= 4 is 39.1 Å². The maximum atomic E-state index is 11.2. The number of hydrogen-bond acceptors (Lipinski definition) is 5. The topological polar surface area (TPSA) is 98.7 Å². The third kappa shape index (κ3) is 3.39. The highest BCUT2D eigenvalue weighted by Crippen LogP contribution is 2.22. The number of nitrogens with two attached hydrogens (primary N) is 1. The van der Waals surface area contributed by atoms with E-state index in [-0.39, 0.29) is 10.6 Å². The van der Waals surface area contributed by atoms with E-state index in [9.17, 15) is 4.79 Å². The van der Waals surface area contributed by atoms with Gasteiger partial charge in [-0.2, -0.15) is 4.68 Å². The first-order valence-electron chi connectivity index (χ1n) is 6.91. The molecular weight excluding hydrogens is 396 g/mol. The number of aromatic nitrogens is 4. The van der Waals surface area contributed by atoms with Crippen molar-refractivity contribution in [1.82, 2.24) is 20.2 Å². The van der Waals surface area contributed by atoms with Gasteiger partial charge in [0.1, 0.15) is 0 Å². The average molecular weight is 408 g/mol. The Morgan fingerprint density at radius 3 is 2.79 bits per heavy atom. The second-order valence-electron chi connectivity index (χ2n) is 4.87. The normalized spacial score (nSPS) is 10.6. The van der Waals surface area contributed by atoms with E-state index in [0.29, 0.717) is 12.4 Å². The van der Waals surface area contributed by atoms with Crippen molar-refractivity contribution in [2.24, 2.45) is 5.73 Å². The first-order chi connectivity index (χ1) is 11.6. The van der Waals surface area contributed by atoms with Gasteiger partial charge in [0.05, 0.1) is 22.8 Å². The summed E-state index contributed by atoms with van der Waals surface area (Å²) in [6.07, 6.45) is 0. The summed E-state index contributed by atoms with van der Waals surface area (Å²) in [6.45, 7) is 0.376. The van der Waals surface area contributed by atoms with Gasteiger partial charge in [-0.15, -0.1) is 5.10 Å². The van der Waals surface area contributed by atoms with E-state index in [1.54, 1.807) is 22.9 Å². The molecule has 7 nitrogen and oxygen atoms in total. The molecule has 0 saturated carbocycles. The summed E-state index contributed by atoms with van der Waals surface area (Å²) in [5, 5.41) is 15.2. The Kier molecular flexibility index (Phi) is 4.77. The molecule has 0 bridgehead atoms. The quantitative estimate of drug-likeness (QED) is 0.677. The second kappa shape index (κ2) is 6.98.